The summed E-state index contributed by atoms with van der Waals surface area (Å²) in [5.74, 6) is -0.925. The average Bonchev–Trinajstić information content (AvgIpc) is 3.03. The number of hydrogen-bond acceptors (Lipinski definition) is 6. The molecule has 0 saturated carbocycles. The Labute approximate surface area is 235 Å². The molecule has 2 aliphatic rings. The van der Waals surface area contributed by atoms with Gasteiger partial charge in [0.2, 0.25) is 15.9 Å². The van der Waals surface area contributed by atoms with Crippen molar-refractivity contribution in [2.24, 2.45) is 11.7 Å². The standard InChI is InChI=1S/C28H39ClFN5O3S/c1-3-18(4-2)26(19-7-9-20(29)10-8-19)27(31)28(36)34-25-16-32-15-24(30)23(25)12-11-22-14-33-21-6-5-13-39(37,38)35(22)17-21/h7-10,15-16,18,21-22,26-27,33H,3-6,11-14,17,31H2,1-2H3,(H,34,36)/t21-,22+,26?,27?/m1/s1. The minimum atomic E-state index is -3.36. The number of nitrogens with two attached hydrogens (primary N) is 1. The van der Waals surface area contributed by atoms with Crippen molar-refractivity contribution in [1.29, 1.82) is 0 Å². The average molecular weight is 580 g/mol. The molecule has 0 spiro atoms. The maximum atomic E-state index is 15.0. The summed E-state index contributed by atoms with van der Waals surface area (Å²) in [5.41, 5.74) is 8.05. The second kappa shape index (κ2) is 13.0. The number of hydrogen-bond donors (Lipinski definition) is 3. The summed E-state index contributed by atoms with van der Waals surface area (Å²) in [5, 5.41) is 6.87. The monoisotopic (exact) mass is 579 g/mol. The molecular formula is C28H39ClFN5O3S. The zero-order valence-corrected chi connectivity index (χ0v) is 24.1. The number of piperazine rings is 1. The van der Waals surface area contributed by atoms with E-state index in [1.54, 1.807) is 16.4 Å². The number of nitrogens with one attached hydrogen (secondary N) is 2. The summed E-state index contributed by atoms with van der Waals surface area (Å²) < 4.78 is 42.3. The van der Waals surface area contributed by atoms with Crippen molar-refractivity contribution < 1.29 is 17.6 Å². The number of anilines is 1. The summed E-state index contributed by atoms with van der Waals surface area (Å²) >= 11 is 6.09. The SMILES string of the molecule is CCC(CC)C(c1ccc(Cl)cc1)C(N)C(=O)Nc1cncc(F)c1CC[C@H]1CN[C@@H]2CCCS(=O)(=O)N1C2. The number of aromatic nitrogens is 1. The third-order valence-electron chi connectivity index (χ3n) is 8.25. The molecule has 2 fully saturated rings. The molecule has 39 heavy (non-hydrogen) atoms. The molecule has 3 unspecified atom stereocenters. The first-order valence-corrected chi connectivity index (χ1v) is 15.8. The van der Waals surface area contributed by atoms with Gasteiger partial charge < -0.3 is 16.4 Å². The van der Waals surface area contributed by atoms with Crippen LogP contribution in [0.25, 0.3) is 0 Å². The predicted octanol–water partition coefficient (Wildman–Crippen LogP) is 4.06. The van der Waals surface area contributed by atoms with Gasteiger partial charge in [-0.3, -0.25) is 9.78 Å². The molecule has 3 heterocycles. The van der Waals surface area contributed by atoms with Gasteiger partial charge in [0.1, 0.15) is 5.82 Å². The molecule has 4 rings (SSSR count). The number of pyridine rings is 1. The van der Waals surface area contributed by atoms with Gasteiger partial charge in [-0.05, 0) is 49.3 Å². The van der Waals surface area contributed by atoms with Gasteiger partial charge in [0.25, 0.3) is 0 Å². The molecule has 0 radical (unpaired) electrons. The molecule has 2 aromatic rings. The zero-order chi connectivity index (χ0) is 28.2. The number of benzene rings is 1. The van der Waals surface area contributed by atoms with E-state index < -0.39 is 27.8 Å². The Morgan fingerprint density at radius 3 is 2.67 bits per heavy atom. The van der Waals surface area contributed by atoms with Gasteiger partial charge in [0.05, 0.1) is 29.9 Å². The molecule has 1 aromatic heterocycles. The first-order chi connectivity index (χ1) is 18.6. The van der Waals surface area contributed by atoms with Gasteiger partial charge >= 0.3 is 0 Å². The van der Waals surface area contributed by atoms with E-state index in [4.69, 9.17) is 17.3 Å². The third-order valence-corrected chi connectivity index (χ3v) is 10.5. The van der Waals surface area contributed by atoms with Crippen LogP contribution in [0.3, 0.4) is 0 Å². The first-order valence-electron chi connectivity index (χ1n) is 13.8. The van der Waals surface area contributed by atoms with Gasteiger partial charge in [-0.25, -0.2) is 12.8 Å². The van der Waals surface area contributed by atoms with E-state index in [2.05, 4.69) is 29.5 Å². The van der Waals surface area contributed by atoms with E-state index in [9.17, 15) is 13.2 Å². The zero-order valence-electron chi connectivity index (χ0n) is 22.6. The fraction of sp³-hybridized carbons (Fsp3) is 0.571. The highest BCUT2D eigenvalue weighted by Gasteiger charge is 2.38. The molecule has 1 aromatic carbocycles. The fourth-order valence-electron chi connectivity index (χ4n) is 6.01. The van der Waals surface area contributed by atoms with Gasteiger partial charge in [-0.2, -0.15) is 4.31 Å². The third kappa shape index (κ3) is 6.97. The van der Waals surface area contributed by atoms with Crippen molar-refractivity contribution in [3.8, 4) is 0 Å². The topological polar surface area (TPSA) is 117 Å². The quantitative estimate of drug-likeness (QED) is 0.391. The van der Waals surface area contributed by atoms with Crippen molar-refractivity contribution in [1.82, 2.24) is 14.6 Å². The van der Waals surface area contributed by atoms with Crippen molar-refractivity contribution in [3.05, 3.63) is 58.6 Å². The van der Waals surface area contributed by atoms with E-state index in [0.717, 1.165) is 31.0 Å². The normalized spacial score (nSPS) is 24.1. The van der Waals surface area contributed by atoms with Crippen LogP contribution in [0.2, 0.25) is 5.02 Å². The minimum Gasteiger partial charge on any atom is -0.323 e. The second-order valence-corrected chi connectivity index (χ2v) is 13.1. The molecule has 214 valence electrons. The molecule has 1 amide bonds. The molecule has 2 aliphatic heterocycles. The summed E-state index contributed by atoms with van der Waals surface area (Å²) in [6, 6.07) is 6.36. The molecular weight excluding hydrogens is 541 g/mol. The minimum absolute atomic E-state index is 0.135. The lowest BCUT2D eigenvalue weighted by Gasteiger charge is -2.37. The number of rotatable bonds is 10. The Kier molecular flexibility index (Phi) is 9.98. The molecule has 8 nitrogen and oxygen atoms in total. The maximum absolute atomic E-state index is 15.0. The molecule has 4 N–H and O–H groups in total. The van der Waals surface area contributed by atoms with Gasteiger partial charge in [-0.1, -0.05) is 50.4 Å². The summed E-state index contributed by atoms with van der Waals surface area (Å²) in [6.07, 6.45) is 6.34. The van der Waals surface area contributed by atoms with Crippen LogP contribution in [0.15, 0.2) is 36.7 Å². The number of carbonyl (C=O) groups is 1. The Bertz CT molecular complexity index is 1240. The Balaban J connectivity index is 1.52. The summed E-state index contributed by atoms with van der Waals surface area (Å²) in [6.45, 7) is 5.10. The van der Waals surface area contributed by atoms with Crippen molar-refractivity contribution in [3.63, 3.8) is 0 Å². The Morgan fingerprint density at radius 2 is 1.97 bits per heavy atom. The lowest BCUT2D eigenvalue weighted by Crippen LogP contribution is -2.57. The van der Waals surface area contributed by atoms with E-state index in [0.29, 0.717) is 36.5 Å². The number of nitrogens with zero attached hydrogens (tertiary/aromatic N) is 2. The highest BCUT2D eigenvalue weighted by atomic mass is 35.5. The smallest absolute Gasteiger partial charge is 0.241 e. The lowest BCUT2D eigenvalue weighted by molar-refractivity contribution is -0.118. The summed E-state index contributed by atoms with van der Waals surface area (Å²) in [7, 11) is -3.36. The van der Waals surface area contributed by atoms with Crippen LogP contribution in [0.4, 0.5) is 10.1 Å². The second-order valence-electron chi connectivity index (χ2n) is 10.6. The Morgan fingerprint density at radius 1 is 1.26 bits per heavy atom. The highest BCUT2D eigenvalue weighted by Crippen LogP contribution is 2.34. The van der Waals surface area contributed by atoms with Gasteiger partial charge in [0, 0.05) is 41.7 Å². The predicted molar refractivity (Wildman–Crippen MR) is 153 cm³/mol. The van der Waals surface area contributed by atoms with E-state index in [1.807, 2.05) is 12.1 Å². The van der Waals surface area contributed by atoms with Crippen molar-refractivity contribution in [2.75, 3.05) is 24.2 Å². The van der Waals surface area contributed by atoms with Crippen LogP contribution >= 0.6 is 11.6 Å². The van der Waals surface area contributed by atoms with E-state index in [-0.39, 0.29) is 41.8 Å². The number of halogens is 2. The van der Waals surface area contributed by atoms with Crippen LogP contribution in [0, 0.1) is 11.7 Å². The number of amides is 1. The lowest BCUT2D eigenvalue weighted by atomic mass is 9.77. The fourth-order valence-corrected chi connectivity index (χ4v) is 7.95. The van der Waals surface area contributed by atoms with E-state index >= 15 is 4.39 Å². The van der Waals surface area contributed by atoms with Crippen LogP contribution in [-0.2, 0) is 21.2 Å². The molecule has 0 aliphatic carbocycles. The van der Waals surface area contributed by atoms with Gasteiger partial charge in [0.15, 0.2) is 0 Å². The van der Waals surface area contributed by atoms with Crippen LogP contribution in [0.1, 0.15) is 63.0 Å². The number of carbonyl (C=O) groups excluding carboxylic acids is 1. The van der Waals surface area contributed by atoms with Crippen LogP contribution in [-0.4, -0.2) is 60.6 Å². The molecule has 5 atom stereocenters. The largest absolute Gasteiger partial charge is 0.323 e. The first kappa shape index (κ1) is 29.9. The number of fused-ring (bicyclic) bond motifs is 2. The van der Waals surface area contributed by atoms with Gasteiger partial charge in [-0.15, -0.1) is 0 Å². The Hall–Kier alpha value is -2.11. The number of sulfonamides is 1. The summed E-state index contributed by atoms with van der Waals surface area (Å²) in [4.78, 5) is 17.4. The molecule has 11 heteroatoms. The van der Waals surface area contributed by atoms with E-state index in [1.165, 1.54) is 6.20 Å². The van der Waals surface area contributed by atoms with Crippen LogP contribution in [0.5, 0.6) is 0 Å². The maximum Gasteiger partial charge on any atom is 0.241 e. The molecule has 2 saturated heterocycles. The molecule has 2 bridgehead atoms. The van der Waals surface area contributed by atoms with Crippen molar-refractivity contribution >= 4 is 33.2 Å². The highest BCUT2D eigenvalue weighted by molar-refractivity contribution is 7.89. The van der Waals surface area contributed by atoms with Crippen LogP contribution < -0.4 is 16.4 Å². The van der Waals surface area contributed by atoms with Crippen molar-refractivity contribution in [2.45, 2.75) is 76.4 Å².